The number of nitrogens with one attached hydrogen (secondary N) is 2. The standard InChI is InChI=1S/C22H27BrFN5O3/c1-13-9-14(26-21(31)32-22(2,3)4)12-29(11-13)18-7-8-25-10-17(18)28-20(30)16-6-5-15(24)19(23)27-16/h5-8,10,13-14H,9,11-12H2,1-4H3,(H,26,31)(H,28,30)/t13?,14-/m0/s1. The highest BCUT2D eigenvalue weighted by Crippen LogP contribution is 2.30. The number of anilines is 2. The summed E-state index contributed by atoms with van der Waals surface area (Å²) in [7, 11) is 0. The summed E-state index contributed by atoms with van der Waals surface area (Å²) < 4.78 is 18.8. The van der Waals surface area contributed by atoms with Crippen LogP contribution < -0.4 is 15.5 Å². The van der Waals surface area contributed by atoms with E-state index in [1.807, 2.05) is 26.8 Å². The predicted molar refractivity (Wildman–Crippen MR) is 123 cm³/mol. The molecule has 2 amide bonds. The Balaban J connectivity index is 1.75. The molecule has 0 bridgehead atoms. The summed E-state index contributed by atoms with van der Waals surface area (Å²) in [5, 5.41) is 5.76. The Morgan fingerprint density at radius 3 is 2.69 bits per heavy atom. The van der Waals surface area contributed by atoms with Crippen LogP contribution in [0.3, 0.4) is 0 Å². The first-order valence-electron chi connectivity index (χ1n) is 10.3. The third kappa shape index (κ3) is 6.38. The van der Waals surface area contributed by atoms with Crippen LogP contribution in [-0.4, -0.2) is 46.7 Å². The Bertz CT molecular complexity index is 998. The van der Waals surface area contributed by atoms with E-state index in [0.717, 1.165) is 18.7 Å². The molecular weight excluding hydrogens is 481 g/mol. The molecule has 2 N–H and O–H groups in total. The Labute approximate surface area is 195 Å². The number of carbonyl (C=O) groups excluding carboxylic acids is 2. The van der Waals surface area contributed by atoms with Crippen molar-refractivity contribution >= 4 is 39.3 Å². The van der Waals surface area contributed by atoms with Crippen molar-refractivity contribution in [3.63, 3.8) is 0 Å². The van der Waals surface area contributed by atoms with Crippen LogP contribution in [0.15, 0.2) is 35.2 Å². The molecule has 8 nitrogen and oxygen atoms in total. The van der Waals surface area contributed by atoms with E-state index in [0.29, 0.717) is 18.2 Å². The van der Waals surface area contributed by atoms with Crippen LogP contribution in [-0.2, 0) is 4.74 Å². The molecule has 2 aromatic heterocycles. The van der Waals surface area contributed by atoms with Gasteiger partial charge in [-0.2, -0.15) is 0 Å². The van der Waals surface area contributed by atoms with Crippen LogP contribution in [0, 0.1) is 11.7 Å². The van der Waals surface area contributed by atoms with Gasteiger partial charge in [0.1, 0.15) is 15.9 Å². The summed E-state index contributed by atoms with van der Waals surface area (Å²) in [4.78, 5) is 35.1. The summed E-state index contributed by atoms with van der Waals surface area (Å²) in [6.45, 7) is 8.88. The number of rotatable bonds is 4. The normalized spacial score (nSPS) is 18.8. The first kappa shape index (κ1) is 23.9. The number of piperidine rings is 1. The lowest BCUT2D eigenvalue weighted by molar-refractivity contribution is 0.0495. The quantitative estimate of drug-likeness (QED) is 0.596. The summed E-state index contributed by atoms with van der Waals surface area (Å²) in [6.07, 6.45) is 3.57. The number of halogens is 2. The predicted octanol–water partition coefficient (Wildman–Crippen LogP) is 4.37. The van der Waals surface area contributed by atoms with Gasteiger partial charge >= 0.3 is 6.09 Å². The molecule has 2 atom stereocenters. The van der Waals surface area contributed by atoms with Crippen molar-refractivity contribution in [1.82, 2.24) is 15.3 Å². The summed E-state index contributed by atoms with van der Waals surface area (Å²) in [6, 6.07) is 4.19. The summed E-state index contributed by atoms with van der Waals surface area (Å²) in [5.41, 5.74) is 0.780. The minimum Gasteiger partial charge on any atom is -0.444 e. The SMILES string of the molecule is CC1C[C@H](NC(=O)OC(C)(C)C)CN(c2ccncc2NC(=O)c2ccc(F)c(Br)n2)C1. The number of carbonyl (C=O) groups is 2. The van der Waals surface area contributed by atoms with E-state index in [4.69, 9.17) is 4.74 Å². The van der Waals surface area contributed by atoms with Crippen molar-refractivity contribution in [3.05, 3.63) is 46.7 Å². The van der Waals surface area contributed by atoms with Crippen LogP contribution in [0.4, 0.5) is 20.6 Å². The van der Waals surface area contributed by atoms with Gasteiger partial charge in [-0.1, -0.05) is 6.92 Å². The van der Waals surface area contributed by atoms with Gasteiger partial charge in [-0.05, 0) is 67.2 Å². The van der Waals surface area contributed by atoms with E-state index in [1.54, 1.807) is 12.4 Å². The largest absolute Gasteiger partial charge is 0.444 e. The van der Waals surface area contributed by atoms with Crippen molar-refractivity contribution in [2.24, 2.45) is 5.92 Å². The Morgan fingerprint density at radius 1 is 1.25 bits per heavy atom. The van der Waals surface area contributed by atoms with Crippen molar-refractivity contribution in [2.75, 3.05) is 23.3 Å². The Morgan fingerprint density at radius 2 is 2.00 bits per heavy atom. The van der Waals surface area contributed by atoms with E-state index < -0.39 is 23.4 Å². The number of pyridine rings is 2. The van der Waals surface area contributed by atoms with Crippen LogP contribution in [0.1, 0.15) is 44.6 Å². The molecule has 0 aliphatic carbocycles. The number of hydrogen-bond acceptors (Lipinski definition) is 6. The molecule has 0 saturated carbocycles. The van der Waals surface area contributed by atoms with Crippen LogP contribution in [0.25, 0.3) is 0 Å². The van der Waals surface area contributed by atoms with Gasteiger partial charge in [0.25, 0.3) is 5.91 Å². The zero-order chi connectivity index (χ0) is 23.5. The van der Waals surface area contributed by atoms with Gasteiger partial charge in [0.2, 0.25) is 0 Å². The molecule has 32 heavy (non-hydrogen) atoms. The fourth-order valence-electron chi connectivity index (χ4n) is 3.62. The molecule has 1 unspecified atom stereocenters. The maximum Gasteiger partial charge on any atom is 0.407 e. The maximum atomic E-state index is 13.5. The van der Waals surface area contributed by atoms with Gasteiger partial charge < -0.3 is 20.3 Å². The zero-order valence-electron chi connectivity index (χ0n) is 18.5. The minimum atomic E-state index is -0.573. The molecular formula is C22H27BrFN5O3. The zero-order valence-corrected chi connectivity index (χ0v) is 20.1. The second-order valence-corrected chi connectivity index (χ2v) is 9.66. The van der Waals surface area contributed by atoms with Gasteiger partial charge in [0.15, 0.2) is 5.82 Å². The third-order valence-corrected chi connectivity index (χ3v) is 5.36. The average molecular weight is 508 g/mol. The lowest BCUT2D eigenvalue weighted by Gasteiger charge is -2.39. The first-order chi connectivity index (χ1) is 15.0. The Hall–Kier alpha value is -2.75. The minimum absolute atomic E-state index is 0.0301. The van der Waals surface area contributed by atoms with Crippen molar-refractivity contribution in [2.45, 2.75) is 45.8 Å². The second kappa shape index (κ2) is 9.81. The molecule has 0 radical (unpaired) electrons. The summed E-state index contributed by atoms with van der Waals surface area (Å²) in [5.74, 6) is -0.724. The first-order valence-corrected chi connectivity index (χ1v) is 11.1. The monoisotopic (exact) mass is 507 g/mol. The van der Waals surface area contributed by atoms with Crippen LogP contribution >= 0.6 is 15.9 Å². The van der Waals surface area contributed by atoms with Gasteiger partial charge in [-0.25, -0.2) is 14.2 Å². The van der Waals surface area contributed by atoms with E-state index in [-0.39, 0.29) is 16.3 Å². The second-order valence-electron chi connectivity index (χ2n) is 8.91. The molecule has 10 heteroatoms. The number of ether oxygens (including phenoxy) is 1. The molecule has 172 valence electrons. The fraction of sp³-hybridized carbons (Fsp3) is 0.455. The summed E-state index contributed by atoms with van der Waals surface area (Å²) >= 11 is 3.00. The van der Waals surface area contributed by atoms with Gasteiger partial charge in [0, 0.05) is 25.3 Å². The third-order valence-electron chi connectivity index (χ3n) is 4.80. The molecule has 3 rings (SSSR count). The maximum absolute atomic E-state index is 13.5. The van der Waals surface area contributed by atoms with Crippen LogP contribution in [0.5, 0.6) is 0 Å². The van der Waals surface area contributed by atoms with Crippen molar-refractivity contribution < 1.29 is 18.7 Å². The van der Waals surface area contributed by atoms with Gasteiger partial charge in [-0.3, -0.25) is 9.78 Å². The molecule has 1 fully saturated rings. The highest BCUT2D eigenvalue weighted by Gasteiger charge is 2.29. The Kier molecular flexibility index (Phi) is 7.33. The number of alkyl carbamates (subject to hydrolysis) is 1. The van der Waals surface area contributed by atoms with Crippen LogP contribution in [0.2, 0.25) is 0 Å². The van der Waals surface area contributed by atoms with E-state index in [9.17, 15) is 14.0 Å². The molecule has 2 aromatic rings. The number of nitrogens with zero attached hydrogens (tertiary/aromatic N) is 3. The fourth-order valence-corrected chi connectivity index (χ4v) is 3.94. The number of amides is 2. The smallest absolute Gasteiger partial charge is 0.407 e. The number of aromatic nitrogens is 2. The molecule has 1 aliphatic rings. The average Bonchev–Trinajstić information content (AvgIpc) is 2.68. The van der Waals surface area contributed by atoms with Crippen molar-refractivity contribution in [1.29, 1.82) is 0 Å². The lowest BCUT2D eigenvalue weighted by atomic mass is 9.95. The highest BCUT2D eigenvalue weighted by molar-refractivity contribution is 9.10. The highest BCUT2D eigenvalue weighted by atomic mass is 79.9. The molecule has 3 heterocycles. The van der Waals surface area contributed by atoms with Gasteiger partial charge in [-0.15, -0.1) is 0 Å². The topological polar surface area (TPSA) is 96.5 Å². The van der Waals surface area contributed by atoms with E-state index in [2.05, 4.69) is 48.4 Å². The van der Waals surface area contributed by atoms with E-state index in [1.165, 1.54) is 12.1 Å². The van der Waals surface area contributed by atoms with Crippen molar-refractivity contribution in [3.8, 4) is 0 Å². The van der Waals surface area contributed by atoms with Gasteiger partial charge in [0.05, 0.1) is 17.6 Å². The lowest BCUT2D eigenvalue weighted by Crippen LogP contribution is -2.51. The molecule has 1 aliphatic heterocycles. The molecule has 0 spiro atoms. The number of hydrogen-bond donors (Lipinski definition) is 2. The van der Waals surface area contributed by atoms with E-state index >= 15 is 0 Å². The molecule has 0 aromatic carbocycles. The molecule has 1 saturated heterocycles.